The van der Waals surface area contributed by atoms with Crippen LogP contribution < -0.4 is 0 Å². The van der Waals surface area contributed by atoms with Gasteiger partial charge in [0.25, 0.3) is 0 Å². The van der Waals surface area contributed by atoms with E-state index < -0.39 is 0 Å². The zero-order chi connectivity index (χ0) is 13.1. The maximum atomic E-state index is 5.33. The number of aromatic nitrogens is 2. The minimum absolute atomic E-state index is 0.177. The van der Waals surface area contributed by atoms with Crippen molar-refractivity contribution in [1.29, 1.82) is 0 Å². The molecule has 0 saturated carbocycles. The highest BCUT2D eigenvalue weighted by molar-refractivity contribution is 5.09. The summed E-state index contributed by atoms with van der Waals surface area (Å²) in [6.45, 7) is 6.98. The van der Waals surface area contributed by atoms with E-state index in [2.05, 4.69) is 36.0 Å². The normalized spacial score (nSPS) is 13.4. The molecule has 2 heterocycles. The van der Waals surface area contributed by atoms with Crippen LogP contribution in [0.4, 0.5) is 0 Å². The molecule has 0 radical (unpaired) electrons. The van der Waals surface area contributed by atoms with Gasteiger partial charge in [-0.15, -0.1) is 0 Å². The molecule has 0 aliphatic rings. The van der Waals surface area contributed by atoms with Crippen LogP contribution in [0.2, 0.25) is 0 Å². The molecule has 18 heavy (non-hydrogen) atoms. The molecule has 0 spiro atoms. The van der Waals surface area contributed by atoms with Crippen molar-refractivity contribution in [2.75, 3.05) is 7.05 Å². The van der Waals surface area contributed by atoms with Gasteiger partial charge in [0, 0.05) is 12.1 Å². The van der Waals surface area contributed by atoms with Gasteiger partial charge in [-0.2, -0.15) is 0 Å². The van der Waals surface area contributed by atoms with E-state index >= 15 is 0 Å². The largest absolute Gasteiger partial charge is 0.364 e. The molecule has 0 aliphatic carbocycles. The van der Waals surface area contributed by atoms with Gasteiger partial charge in [-0.3, -0.25) is 4.90 Å². The summed E-state index contributed by atoms with van der Waals surface area (Å²) in [6.07, 6.45) is 1.59. The van der Waals surface area contributed by atoms with Crippen LogP contribution in [-0.4, -0.2) is 22.3 Å². The molecule has 2 rings (SSSR count). The molecule has 0 amide bonds. The van der Waals surface area contributed by atoms with E-state index in [9.17, 15) is 0 Å². The number of nitrogens with zero attached hydrogens (tertiary/aromatic N) is 3. The van der Waals surface area contributed by atoms with Crippen molar-refractivity contribution in [2.24, 2.45) is 0 Å². The minimum Gasteiger partial charge on any atom is -0.364 e. The van der Waals surface area contributed by atoms with Gasteiger partial charge >= 0.3 is 0 Å². The molecule has 5 nitrogen and oxygen atoms in total. The first kappa shape index (κ1) is 12.8. The molecule has 0 unspecified atom stereocenters. The number of hydrogen-bond acceptors (Lipinski definition) is 5. The van der Waals surface area contributed by atoms with Gasteiger partial charge in [0.15, 0.2) is 5.76 Å². The lowest BCUT2D eigenvalue weighted by atomic mass is 10.1. The Bertz CT molecular complexity index is 476. The molecule has 0 fully saturated rings. The Morgan fingerprint density at radius 3 is 2.56 bits per heavy atom. The summed E-state index contributed by atoms with van der Waals surface area (Å²) in [6, 6.07) is 4.06. The predicted octanol–water partition coefficient (Wildman–Crippen LogP) is 2.98. The summed E-state index contributed by atoms with van der Waals surface area (Å²) in [5, 5.41) is 8.00. The van der Waals surface area contributed by atoms with E-state index in [-0.39, 0.29) is 6.04 Å². The van der Waals surface area contributed by atoms with Gasteiger partial charge < -0.3 is 9.05 Å². The zero-order valence-corrected chi connectivity index (χ0v) is 11.3. The lowest BCUT2D eigenvalue weighted by Crippen LogP contribution is -2.21. The van der Waals surface area contributed by atoms with Gasteiger partial charge in [0.05, 0.1) is 18.3 Å². The monoisotopic (exact) mass is 249 g/mol. The lowest BCUT2D eigenvalue weighted by molar-refractivity contribution is 0.212. The molecule has 2 aromatic rings. The summed E-state index contributed by atoms with van der Waals surface area (Å²) >= 11 is 0. The number of hydrogen-bond donors (Lipinski definition) is 0. The highest BCUT2D eigenvalue weighted by atomic mass is 16.5. The average molecular weight is 249 g/mol. The van der Waals surface area contributed by atoms with Crippen molar-refractivity contribution in [2.45, 2.75) is 39.3 Å². The molecule has 0 saturated heterocycles. The van der Waals surface area contributed by atoms with E-state index in [4.69, 9.17) is 9.05 Å². The van der Waals surface area contributed by atoms with Crippen LogP contribution in [0.5, 0.6) is 0 Å². The Morgan fingerprint density at radius 2 is 2.00 bits per heavy atom. The van der Waals surface area contributed by atoms with Crippen LogP contribution >= 0.6 is 0 Å². The molecule has 98 valence electrons. The maximum Gasteiger partial charge on any atom is 0.150 e. The fraction of sp³-hybridized carbons (Fsp3) is 0.538. The van der Waals surface area contributed by atoms with E-state index in [1.165, 1.54) is 0 Å². The van der Waals surface area contributed by atoms with Gasteiger partial charge in [0.2, 0.25) is 0 Å². The maximum absolute atomic E-state index is 5.33. The summed E-state index contributed by atoms with van der Waals surface area (Å²) in [4.78, 5) is 2.14. The smallest absolute Gasteiger partial charge is 0.150 e. The van der Waals surface area contributed by atoms with Gasteiger partial charge in [-0.1, -0.05) is 24.2 Å². The quantitative estimate of drug-likeness (QED) is 0.815. The Hall–Kier alpha value is -1.62. The lowest BCUT2D eigenvalue weighted by Gasteiger charge is -2.20. The van der Waals surface area contributed by atoms with Crippen molar-refractivity contribution in [1.82, 2.24) is 15.2 Å². The van der Waals surface area contributed by atoms with E-state index in [1.807, 2.05) is 19.2 Å². The second kappa shape index (κ2) is 5.35. The second-order valence-electron chi connectivity index (χ2n) is 4.89. The van der Waals surface area contributed by atoms with Crippen molar-refractivity contribution in [3.8, 4) is 0 Å². The fourth-order valence-corrected chi connectivity index (χ4v) is 1.72. The average Bonchev–Trinajstić information content (AvgIpc) is 2.98. The summed E-state index contributed by atoms with van der Waals surface area (Å²) in [5.74, 6) is 1.26. The van der Waals surface area contributed by atoms with Gasteiger partial charge in [-0.05, 0) is 19.9 Å². The summed E-state index contributed by atoms with van der Waals surface area (Å²) in [7, 11) is 2.02. The second-order valence-corrected chi connectivity index (χ2v) is 4.89. The zero-order valence-electron chi connectivity index (χ0n) is 11.3. The third kappa shape index (κ3) is 2.79. The molecule has 0 aliphatic heterocycles. The first-order valence-electron chi connectivity index (χ1n) is 6.14. The molecule has 2 aromatic heterocycles. The SMILES string of the molecule is CC(C)c1cc(CN(C)[C@@H](C)c2ccon2)on1. The van der Waals surface area contributed by atoms with E-state index in [0.29, 0.717) is 12.5 Å². The van der Waals surface area contributed by atoms with Crippen LogP contribution in [0.25, 0.3) is 0 Å². The molecular formula is C13H19N3O2. The standard InChI is InChI=1S/C13H19N3O2/c1-9(2)13-7-11(18-15-13)8-16(4)10(3)12-5-6-17-14-12/h5-7,9-10H,8H2,1-4H3/t10-/m0/s1. The van der Waals surface area contributed by atoms with Gasteiger partial charge in [-0.25, -0.2) is 0 Å². The first-order valence-corrected chi connectivity index (χ1v) is 6.14. The fourth-order valence-electron chi connectivity index (χ4n) is 1.72. The highest BCUT2D eigenvalue weighted by Crippen LogP contribution is 2.20. The van der Waals surface area contributed by atoms with Crippen molar-refractivity contribution < 1.29 is 9.05 Å². The van der Waals surface area contributed by atoms with E-state index in [0.717, 1.165) is 17.1 Å². The van der Waals surface area contributed by atoms with Gasteiger partial charge in [0.1, 0.15) is 12.0 Å². The van der Waals surface area contributed by atoms with Crippen molar-refractivity contribution in [3.05, 3.63) is 35.5 Å². The van der Waals surface area contributed by atoms with Crippen LogP contribution in [0.3, 0.4) is 0 Å². The summed E-state index contributed by atoms with van der Waals surface area (Å²) in [5.41, 5.74) is 1.91. The molecular weight excluding hydrogens is 230 g/mol. The highest BCUT2D eigenvalue weighted by Gasteiger charge is 2.17. The Labute approximate surface area is 107 Å². The molecule has 0 bridgehead atoms. The molecule has 0 N–H and O–H groups in total. The Kier molecular flexibility index (Phi) is 3.81. The third-order valence-corrected chi connectivity index (χ3v) is 3.12. The van der Waals surface area contributed by atoms with Crippen LogP contribution in [-0.2, 0) is 6.54 Å². The summed E-state index contributed by atoms with van der Waals surface area (Å²) < 4.78 is 10.2. The third-order valence-electron chi connectivity index (χ3n) is 3.12. The predicted molar refractivity (Wildman–Crippen MR) is 67.0 cm³/mol. The molecule has 0 aromatic carbocycles. The topological polar surface area (TPSA) is 55.3 Å². The van der Waals surface area contributed by atoms with Crippen molar-refractivity contribution >= 4 is 0 Å². The Balaban J connectivity index is 2.00. The Morgan fingerprint density at radius 1 is 1.22 bits per heavy atom. The van der Waals surface area contributed by atoms with Crippen LogP contribution in [0.15, 0.2) is 27.4 Å². The van der Waals surface area contributed by atoms with E-state index in [1.54, 1.807) is 6.26 Å². The van der Waals surface area contributed by atoms with Crippen molar-refractivity contribution in [3.63, 3.8) is 0 Å². The first-order chi connectivity index (χ1) is 8.58. The molecule has 1 atom stereocenters. The number of rotatable bonds is 5. The minimum atomic E-state index is 0.177. The van der Waals surface area contributed by atoms with Crippen LogP contribution in [0.1, 0.15) is 49.9 Å². The van der Waals surface area contributed by atoms with Crippen LogP contribution in [0, 0.1) is 0 Å². The molecule has 5 heteroatoms.